The third kappa shape index (κ3) is 4.15. The van der Waals surface area contributed by atoms with Gasteiger partial charge in [-0.15, -0.1) is 0 Å². The smallest absolute Gasteiger partial charge is 0.119 e. The van der Waals surface area contributed by atoms with Crippen molar-refractivity contribution >= 4 is 0 Å². The van der Waals surface area contributed by atoms with Crippen molar-refractivity contribution in [3.8, 4) is 11.4 Å². The summed E-state index contributed by atoms with van der Waals surface area (Å²) < 4.78 is 7.52. The van der Waals surface area contributed by atoms with Crippen LogP contribution in [0.25, 0.3) is 5.69 Å². The van der Waals surface area contributed by atoms with Gasteiger partial charge in [-0.3, -0.25) is 0 Å². The monoisotopic (exact) mass is 313 g/mol. The van der Waals surface area contributed by atoms with Gasteiger partial charge in [0.1, 0.15) is 5.75 Å². The van der Waals surface area contributed by atoms with Crippen LogP contribution in [0.5, 0.6) is 5.75 Å². The molecule has 0 spiro atoms. The topological polar surface area (TPSA) is 20.6 Å². The lowest BCUT2D eigenvalue weighted by molar-refractivity contribution is 0.153. The fourth-order valence-corrected chi connectivity index (χ4v) is 3.17. The average molecular weight is 313 g/mol. The van der Waals surface area contributed by atoms with Crippen molar-refractivity contribution in [2.45, 2.75) is 12.8 Å². The third-order valence-corrected chi connectivity index (χ3v) is 4.69. The highest BCUT2D eigenvalue weighted by Crippen LogP contribution is 2.18. The van der Waals surface area contributed by atoms with Gasteiger partial charge in [-0.05, 0) is 62.8 Å². The molecule has 2 aromatic rings. The lowest BCUT2D eigenvalue weighted by Gasteiger charge is -2.32. The van der Waals surface area contributed by atoms with Crippen LogP contribution < -0.4 is 4.74 Å². The SMILES string of the molecule is COc1ccc(-n2cccc2CCCN2CCN(C)CC2)cc1. The summed E-state index contributed by atoms with van der Waals surface area (Å²) in [5, 5.41) is 0. The molecule has 0 aliphatic carbocycles. The Morgan fingerprint density at radius 3 is 2.43 bits per heavy atom. The van der Waals surface area contributed by atoms with E-state index in [4.69, 9.17) is 4.74 Å². The number of hydrogen-bond donors (Lipinski definition) is 0. The first-order valence-electron chi connectivity index (χ1n) is 8.48. The van der Waals surface area contributed by atoms with Gasteiger partial charge in [-0.2, -0.15) is 0 Å². The zero-order chi connectivity index (χ0) is 16.1. The van der Waals surface area contributed by atoms with Gasteiger partial charge in [0.15, 0.2) is 0 Å². The number of methoxy groups -OCH3 is 1. The van der Waals surface area contributed by atoms with Crippen molar-refractivity contribution in [2.75, 3.05) is 46.9 Å². The highest BCUT2D eigenvalue weighted by atomic mass is 16.5. The van der Waals surface area contributed by atoms with Crippen molar-refractivity contribution in [3.63, 3.8) is 0 Å². The number of aromatic nitrogens is 1. The van der Waals surface area contributed by atoms with Gasteiger partial charge in [0, 0.05) is 43.8 Å². The first-order valence-corrected chi connectivity index (χ1v) is 8.48. The maximum Gasteiger partial charge on any atom is 0.119 e. The first kappa shape index (κ1) is 16.1. The van der Waals surface area contributed by atoms with Gasteiger partial charge in [0.05, 0.1) is 7.11 Å². The Morgan fingerprint density at radius 1 is 1.00 bits per heavy atom. The van der Waals surface area contributed by atoms with Crippen LogP contribution in [-0.4, -0.2) is 61.2 Å². The van der Waals surface area contributed by atoms with Gasteiger partial charge in [-0.25, -0.2) is 0 Å². The van der Waals surface area contributed by atoms with Gasteiger partial charge in [0.25, 0.3) is 0 Å². The second kappa shape index (κ2) is 7.66. The molecule has 0 atom stereocenters. The molecule has 0 unspecified atom stereocenters. The summed E-state index contributed by atoms with van der Waals surface area (Å²) in [6, 6.07) is 12.6. The van der Waals surface area contributed by atoms with E-state index in [0.29, 0.717) is 0 Å². The Morgan fingerprint density at radius 2 is 1.74 bits per heavy atom. The summed E-state index contributed by atoms with van der Waals surface area (Å²) in [5.41, 5.74) is 2.58. The minimum atomic E-state index is 0.900. The number of ether oxygens (including phenoxy) is 1. The third-order valence-electron chi connectivity index (χ3n) is 4.69. The molecule has 2 heterocycles. The van der Waals surface area contributed by atoms with Crippen molar-refractivity contribution in [3.05, 3.63) is 48.3 Å². The van der Waals surface area contributed by atoms with Gasteiger partial charge in [-0.1, -0.05) is 0 Å². The van der Waals surface area contributed by atoms with E-state index in [2.05, 4.69) is 51.9 Å². The second-order valence-corrected chi connectivity index (χ2v) is 6.32. The number of piperazine rings is 1. The number of benzene rings is 1. The number of likely N-dealkylation sites (N-methyl/N-ethyl adjacent to an activating group) is 1. The fourth-order valence-electron chi connectivity index (χ4n) is 3.17. The Kier molecular flexibility index (Phi) is 5.36. The van der Waals surface area contributed by atoms with E-state index in [1.165, 1.54) is 50.5 Å². The number of hydrogen-bond acceptors (Lipinski definition) is 3. The molecule has 0 radical (unpaired) electrons. The zero-order valence-electron chi connectivity index (χ0n) is 14.2. The Balaban J connectivity index is 1.55. The molecule has 0 bridgehead atoms. The van der Waals surface area contributed by atoms with Crippen LogP contribution in [0.15, 0.2) is 42.6 Å². The number of rotatable bonds is 6. The molecule has 0 saturated carbocycles. The standard InChI is InChI=1S/C19H27N3O/c1-20-13-15-21(16-14-20)11-3-5-17-6-4-12-22(17)18-7-9-19(23-2)10-8-18/h4,6-10,12H,3,5,11,13-16H2,1-2H3. The summed E-state index contributed by atoms with van der Waals surface area (Å²) in [6.07, 6.45) is 4.47. The lowest BCUT2D eigenvalue weighted by Crippen LogP contribution is -2.44. The summed E-state index contributed by atoms with van der Waals surface area (Å²) in [7, 11) is 3.91. The van der Waals surface area contributed by atoms with Gasteiger partial charge < -0.3 is 19.1 Å². The van der Waals surface area contributed by atoms with E-state index < -0.39 is 0 Å². The molecule has 1 aliphatic heterocycles. The zero-order valence-corrected chi connectivity index (χ0v) is 14.2. The highest BCUT2D eigenvalue weighted by molar-refractivity contribution is 5.39. The number of nitrogens with zero attached hydrogens (tertiary/aromatic N) is 3. The van der Waals surface area contributed by atoms with E-state index in [1.54, 1.807) is 7.11 Å². The van der Waals surface area contributed by atoms with Crippen molar-refractivity contribution < 1.29 is 4.74 Å². The van der Waals surface area contributed by atoms with Crippen LogP contribution in [0.3, 0.4) is 0 Å². The lowest BCUT2D eigenvalue weighted by atomic mass is 10.2. The van der Waals surface area contributed by atoms with E-state index >= 15 is 0 Å². The predicted molar refractivity (Wildman–Crippen MR) is 94.6 cm³/mol. The molecular weight excluding hydrogens is 286 g/mol. The molecule has 4 heteroatoms. The van der Waals surface area contributed by atoms with Gasteiger partial charge >= 0.3 is 0 Å². The molecule has 23 heavy (non-hydrogen) atoms. The average Bonchev–Trinajstić information content (AvgIpc) is 3.05. The summed E-state index contributed by atoms with van der Waals surface area (Å²) in [4.78, 5) is 4.99. The minimum absolute atomic E-state index is 0.900. The summed E-state index contributed by atoms with van der Waals surface area (Å²) in [6.45, 7) is 6.00. The second-order valence-electron chi connectivity index (χ2n) is 6.32. The molecular formula is C19H27N3O. The maximum absolute atomic E-state index is 5.24. The quantitative estimate of drug-likeness (QED) is 0.818. The largest absolute Gasteiger partial charge is 0.497 e. The molecule has 0 N–H and O–H groups in total. The Hall–Kier alpha value is -1.78. The van der Waals surface area contributed by atoms with E-state index in [-0.39, 0.29) is 0 Å². The van der Waals surface area contributed by atoms with Gasteiger partial charge in [0.2, 0.25) is 0 Å². The maximum atomic E-state index is 5.24. The molecule has 1 aromatic carbocycles. The Bertz CT molecular complexity index is 597. The predicted octanol–water partition coefficient (Wildman–Crippen LogP) is 2.67. The molecule has 0 amide bonds. The minimum Gasteiger partial charge on any atom is -0.497 e. The van der Waals surface area contributed by atoms with Crippen molar-refractivity contribution in [2.24, 2.45) is 0 Å². The number of aryl methyl sites for hydroxylation is 1. The van der Waals surface area contributed by atoms with E-state index in [0.717, 1.165) is 12.2 Å². The van der Waals surface area contributed by atoms with Crippen LogP contribution in [-0.2, 0) is 6.42 Å². The van der Waals surface area contributed by atoms with Crippen LogP contribution in [0, 0.1) is 0 Å². The molecule has 124 valence electrons. The van der Waals surface area contributed by atoms with E-state index in [9.17, 15) is 0 Å². The van der Waals surface area contributed by atoms with Crippen LogP contribution >= 0.6 is 0 Å². The van der Waals surface area contributed by atoms with Crippen LogP contribution in [0.2, 0.25) is 0 Å². The summed E-state index contributed by atoms with van der Waals surface area (Å²) in [5.74, 6) is 0.900. The summed E-state index contributed by atoms with van der Waals surface area (Å²) >= 11 is 0. The van der Waals surface area contributed by atoms with Crippen LogP contribution in [0.4, 0.5) is 0 Å². The van der Waals surface area contributed by atoms with Crippen molar-refractivity contribution in [1.29, 1.82) is 0 Å². The Labute approximate surface area is 139 Å². The van der Waals surface area contributed by atoms with E-state index in [1.807, 2.05) is 12.1 Å². The first-order chi connectivity index (χ1) is 11.3. The van der Waals surface area contributed by atoms with Crippen LogP contribution in [0.1, 0.15) is 12.1 Å². The van der Waals surface area contributed by atoms with Crippen molar-refractivity contribution in [1.82, 2.24) is 14.4 Å². The fraction of sp³-hybridized carbons (Fsp3) is 0.474. The molecule has 1 aromatic heterocycles. The molecule has 1 aliphatic rings. The molecule has 1 fully saturated rings. The highest BCUT2D eigenvalue weighted by Gasteiger charge is 2.13. The normalized spacial score (nSPS) is 16.6. The molecule has 3 rings (SSSR count). The molecule has 1 saturated heterocycles. The molecule has 4 nitrogen and oxygen atoms in total.